The largest absolute Gasteiger partial charge is 0.378 e. The molecule has 4 rings (SSSR count). The van der Waals surface area contributed by atoms with Crippen LogP contribution in [0.25, 0.3) is 20.8 Å². The van der Waals surface area contributed by atoms with Gasteiger partial charge in [0.25, 0.3) is 0 Å². The first kappa shape index (κ1) is 21.2. The number of anilines is 1. The summed E-state index contributed by atoms with van der Waals surface area (Å²) in [7, 11) is -0.662. The summed E-state index contributed by atoms with van der Waals surface area (Å²) in [5.41, 5.74) is 3.14. The Morgan fingerprint density at radius 1 is 1.00 bits per heavy atom. The number of carbonyl (C=O) groups is 1. The molecule has 0 aliphatic rings. The van der Waals surface area contributed by atoms with Crippen molar-refractivity contribution in [1.29, 1.82) is 0 Å². The maximum absolute atomic E-state index is 12.6. The number of aromatic nitrogens is 1. The second-order valence-corrected chi connectivity index (χ2v) is 10.3. The minimum Gasteiger partial charge on any atom is -0.378 e. The SMILES string of the molecule is CN(C)S(=O)(=O)c1cccc(C(=O)CNc2ccc(-c3nc4ccccc4s3)cc2)c1. The zero-order valence-electron chi connectivity index (χ0n) is 17.1. The Morgan fingerprint density at radius 3 is 2.45 bits per heavy atom. The topological polar surface area (TPSA) is 79.4 Å². The highest BCUT2D eigenvalue weighted by Crippen LogP contribution is 2.30. The monoisotopic (exact) mass is 451 g/mol. The van der Waals surface area contributed by atoms with Crippen LogP contribution < -0.4 is 5.32 Å². The van der Waals surface area contributed by atoms with E-state index in [0.717, 1.165) is 30.8 Å². The van der Waals surface area contributed by atoms with Gasteiger partial charge in [-0.3, -0.25) is 4.79 Å². The van der Waals surface area contributed by atoms with Crippen LogP contribution in [0.4, 0.5) is 5.69 Å². The third-order valence-corrected chi connectivity index (χ3v) is 7.71. The average Bonchev–Trinajstić information content (AvgIpc) is 3.22. The Morgan fingerprint density at radius 2 is 1.74 bits per heavy atom. The van der Waals surface area contributed by atoms with E-state index in [1.54, 1.807) is 23.5 Å². The van der Waals surface area contributed by atoms with Gasteiger partial charge in [-0.2, -0.15) is 0 Å². The molecule has 1 heterocycles. The Kier molecular flexibility index (Phi) is 5.86. The Labute approximate surface area is 185 Å². The van der Waals surface area contributed by atoms with Crippen LogP contribution in [-0.2, 0) is 10.0 Å². The summed E-state index contributed by atoms with van der Waals surface area (Å²) in [6, 6.07) is 21.9. The maximum Gasteiger partial charge on any atom is 0.242 e. The number of nitrogens with one attached hydrogen (secondary N) is 1. The lowest BCUT2D eigenvalue weighted by atomic mass is 10.1. The number of fused-ring (bicyclic) bond motifs is 1. The molecule has 0 aliphatic carbocycles. The molecular weight excluding hydrogens is 430 g/mol. The van der Waals surface area contributed by atoms with Gasteiger partial charge in [0.1, 0.15) is 5.01 Å². The van der Waals surface area contributed by atoms with Gasteiger partial charge in [0.2, 0.25) is 10.0 Å². The van der Waals surface area contributed by atoms with Crippen molar-refractivity contribution in [3.8, 4) is 10.6 Å². The third kappa shape index (κ3) is 4.51. The van der Waals surface area contributed by atoms with Crippen LogP contribution in [-0.4, -0.2) is 44.1 Å². The average molecular weight is 452 g/mol. The first-order valence-electron chi connectivity index (χ1n) is 9.60. The fraction of sp³-hybridized carbons (Fsp3) is 0.130. The molecule has 0 spiro atoms. The highest BCUT2D eigenvalue weighted by molar-refractivity contribution is 7.89. The normalized spacial score (nSPS) is 11.7. The number of hydrogen-bond acceptors (Lipinski definition) is 6. The van der Waals surface area contributed by atoms with E-state index in [2.05, 4.69) is 16.4 Å². The second-order valence-electron chi connectivity index (χ2n) is 7.16. The van der Waals surface area contributed by atoms with Gasteiger partial charge in [0.15, 0.2) is 5.78 Å². The Bertz CT molecular complexity index is 1310. The molecule has 4 aromatic rings. The molecule has 0 radical (unpaired) electrons. The van der Waals surface area contributed by atoms with Crippen LogP contribution in [0.1, 0.15) is 10.4 Å². The minimum atomic E-state index is -3.59. The van der Waals surface area contributed by atoms with Gasteiger partial charge in [-0.25, -0.2) is 17.7 Å². The number of carbonyl (C=O) groups excluding carboxylic acids is 1. The lowest BCUT2D eigenvalue weighted by Crippen LogP contribution is -2.22. The first-order valence-corrected chi connectivity index (χ1v) is 11.9. The van der Waals surface area contributed by atoms with Crippen LogP contribution in [0.2, 0.25) is 0 Å². The number of Topliss-reactive ketones (excluding diaryl/α,β-unsaturated/α-hetero) is 1. The van der Waals surface area contributed by atoms with Gasteiger partial charge in [-0.1, -0.05) is 24.3 Å². The van der Waals surface area contributed by atoms with E-state index in [1.807, 2.05) is 42.5 Å². The van der Waals surface area contributed by atoms with Gasteiger partial charge >= 0.3 is 0 Å². The van der Waals surface area contributed by atoms with Gasteiger partial charge < -0.3 is 5.32 Å². The van der Waals surface area contributed by atoms with Crippen molar-refractivity contribution in [2.75, 3.05) is 26.0 Å². The predicted octanol–water partition coefficient (Wildman–Crippen LogP) is 4.51. The number of para-hydroxylation sites is 1. The summed E-state index contributed by atoms with van der Waals surface area (Å²) in [6.45, 7) is 0.0615. The zero-order valence-corrected chi connectivity index (χ0v) is 18.7. The van der Waals surface area contributed by atoms with E-state index < -0.39 is 10.0 Å². The molecular formula is C23H21N3O3S2. The quantitative estimate of drug-likeness (QED) is 0.418. The lowest BCUT2D eigenvalue weighted by Gasteiger charge is -2.12. The summed E-state index contributed by atoms with van der Waals surface area (Å²) in [4.78, 5) is 17.3. The molecule has 1 aromatic heterocycles. The molecule has 6 nitrogen and oxygen atoms in total. The van der Waals surface area contributed by atoms with Crippen LogP contribution >= 0.6 is 11.3 Å². The molecule has 31 heavy (non-hydrogen) atoms. The summed E-state index contributed by atoms with van der Waals surface area (Å²) in [6.07, 6.45) is 0. The molecule has 0 fully saturated rings. The minimum absolute atomic E-state index is 0.0615. The van der Waals surface area contributed by atoms with Crippen LogP contribution in [0.5, 0.6) is 0 Å². The van der Waals surface area contributed by atoms with E-state index in [1.165, 1.54) is 26.2 Å². The molecule has 8 heteroatoms. The van der Waals surface area contributed by atoms with Gasteiger partial charge in [-0.15, -0.1) is 11.3 Å². The van der Waals surface area contributed by atoms with E-state index in [4.69, 9.17) is 0 Å². The van der Waals surface area contributed by atoms with E-state index in [0.29, 0.717) is 5.56 Å². The summed E-state index contributed by atoms with van der Waals surface area (Å²) in [5.74, 6) is -0.189. The summed E-state index contributed by atoms with van der Waals surface area (Å²) in [5, 5.41) is 4.05. The number of benzene rings is 3. The smallest absolute Gasteiger partial charge is 0.242 e. The van der Waals surface area contributed by atoms with Crippen molar-refractivity contribution < 1.29 is 13.2 Å². The number of ketones is 1. The van der Waals surface area contributed by atoms with E-state index >= 15 is 0 Å². The highest BCUT2D eigenvalue weighted by Gasteiger charge is 2.18. The molecule has 0 atom stereocenters. The Balaban J connectivity index is 1.44. The van der Waals surface area contributed by atoms with Crippen molar-refractivity contribution in [2.45, 2.75) is 4.90 Å². The van der Waals surface area contributed by atoms with Gasteiger partial charge in [-0.05, 0) is 48.5 Å². The molecule has 158 valence electrons. The fourth-order valence-electron chi connectivity index (χ4n) is 3.05. The number of rotatable bonds is 7. The van der Waals surface area contributed by atoms with Gasteiger partial charge in [0.05, 0.1) is 21.7 Å². The molecule has 0 amide bonds. The van der Waals surface area contributed by atoms with E-state index in [-0.39, 0.29) is 17.2 Å². The summed E-state index contributed by atoms with van der Waals surface area (Å²) >= 11 is 1.64. The van der Waals surface area contributed by atoms with Crippen LogP contribution in [0.15, 0.2) is 77.7 Å². The lowest BCUT2D eigenvalue weighted by molar-refractivity contribution is 0.101. The molecule has 1 N–H and O–H groups in total. The number of hydrogen-bond donors (Lipinski definition) is 1. The molecule has 0 aliphatic heterocycles. The standard InChI is InChI=1S/C23H21N3O3S2/c1-26(2)31(28,29)19-7-5-6-17(14-19)21(27)15-24-18-12-10-16(11-13-18)23-25-20-8-3-4-9-22(20)30-23/h3-14,24H,15H2,1-2H3. The molecule has 0 unspecified atom stereocenters. The number of nitrogens with zero attached hydrogens (tertiary/aromatic N) is 2. The maximum atomic E-state index is 12.6. The molecule has 3 aromatic carbocycles. The molecule has 0 bridgehead atoms. The van der Waals surface area contributed by atoms with Crippen LogP contribution in [0, 0.1) is 0 Å². The molecule has 0 saturated heterocycles. The van der Waals surface area contributed by atoms with Crippen LogP contribution in [0.3, 0.4) is 0 Å². The van der Waals surface area contributed by atoms with Crippen molar-refractivity contribution in [3.63, 3.8) is 0 Å². The fourth-order valence-corrected chi connectivity index (χ4v) is 4.97. The number of thiazole rings is 1. The first-order chi connectivity index (χ1) is 14.8. The van der Waals surface area contributed by atoms with Crippen molar-refractivity contribution in [2.24, 2.45) is 0 Å². The van der Waals surface area contributed by atoms with Crippen molar-refractivity contribution in [3.05, 3.63) is 78.4 Å². The van der Waals surface area contributed by atoms with E-state index in [9.17, 15) is 13.2 Å². The summed E-state index contributed by atoms with van der Waals surface area (Å²) < 4.78 is 26.8. The molecule has 0 saturated carbocycles. The predicted molar refractivity (Wildman–Crippen MR) is 125 cm³/mol. The second kappa shape index (κ2) is 8.58. The van der Waals surface area contributed by atoms with Crippen molar-refractivity contribution >= 4 is 43.0 Å². The highest BCUT2D eigenvalue weighted by atomic mass is 32.2. The number of sulfonamides is 1. The Hall–Kier alpha value is -3.07. The zero-order chi connectivity index (χ0) is 22.0. The third-order valence-electron chi connectivity index (χ3n) is 4.81. The van der Waals surface area contributed by atoms with Crippen molar-refractivity contribution in [1.82, 2.24) is 9.29 Å². The van der Waals surface area contributed by atoms with Gasteiger partial charge in [0, 0.05) is 30.9 Å².